The van der Waals surface area contributed by atoms with E-state index in [4.69, 9.17) is 0 Å². The van der Waals surface area contributed by atoms with Gasteiger partial charge in [0.05, 0.1) is 16.7 Å². The number of aromatic amines is 1. The van der Waals surface area contributed by atoms with Crippen molar-refractivity contribution >= 4 is 40.3 Å². The predicted molar refractivity (Wildman–Crippen MR) is 141 cm³/mol. The summed E-state index contributed by atoms with van der Waals surface area (Å²) in [5, 5.41) is 13.4. The van der Waals surface area contributed by atoms with Crippen molar-refractivity contribution in [1.82, 2.24) is 25.1 Å². The lowest BCUT2D eigenvalue weighted by Gasteiger charge is -2.13. The molecule has 2 heterocycles. The topological polar surface area (TPSA) is 122 Å². The largest absolute Gasteiger partial charge is 0.356 e. The molecule has 36 heavy (non-hydrogen) atoms. The third-order valence-corrected chi connectivity index (χ3v) is 6.47. The predicted octanol–water partition coefficient (Wildman–Crippen LogP) is 3.30. The van der Waals surface area contributed by atoms with Gasteiger partial charge < -0.3 is 10.6 Å². The van der Waals surface area contributed by atoms with Gasteiger partial charge in [0.25, 0.3) is 5.56 Å². The number of thioether (sulfide) groups is 1. The summed E-state index contributed by atoms with van der Waals surface area (Å²) < 4.78 is 1.55. The van der Waals surface area contributed by atoms with Crippen LogP contribution in [0.25, 0.3) is 10.9 Å². The van der Waals surface area contributed by atoms with Gasteiger partial charge in [0.15, 0.2) is 11.0 Å². The van der Waals surface area contributed by atoms with Crippen LogP contribution in [0.1, 0.15) is 24.1 Å². The number of rotatable bonds is 11. The quantitative estimate of drug-likeness (QED) is 0.213. The van der Waals surface area contributed by atoms with Gasteiger partial charge in [-0.15, -0.1) is 0 Å². The number of hydrogen-bond donors (Lipinski definition) is 3. The number of carbonyl (C=O) groups excluding carboxylic acids is 2. The number of carbonyl (C=O) groups is 2. The molecule has 0 bridgehead atoms. The van der Waals surface area contributed by atoms with E-state index in [0.717, 1.165) is 12.1 Å². The van der Waals surface area contributed by atoms with E-state index < -0.39 is 0 Å². The summed E-state index contributed by atoms with van der Waals surface area (Å²) in [6.45, 7) is 2.73. The Morgan fingerprint density at radius 1 is 1.06 bits per heavy atom. The number of para-hydroxylation sites is 1. The number of H-pyrrole nitrogens is 1. The smallest absolute Gasteiger partial charge is 0.262 e. The molecule has 186 valence electrons. The highest BCUT2D eigenvalue weighted by Crippen LogP contribution is 2.19. The summed E-state index contributed by atoms with van der Waals surface area (Å²) in [5.41, 5.74) is 2.39. The van der Waals surface area contributed by atoms with E-state index in [9.17, 15) is 14.4 Å². The Morgan fingerprint density at radius 2 is 1.83 bits per heavy atom. The van der Waals surface area contributed by atoms with Crippen molar-refractivity contribution in [2.45, 2.75) is 37.9 Å². The second-order valence-corrected chi connectivity index (χ2v) is 9.27. The third kappa shape index (κ3) is 6.82. The Bertz CT molecular complexity index is 1400. The molecule has 3 N–H and O–H groups in total. The molecule has 4 rings (SSSR count). The molecule has 0 unspecified atom stereocenters. The summed E-state index contributed by atoms with van der Waals surface area (Å²) in [7, 11) is 0. The van der Waals surface area contributed by atoms with E-state index in [2.05, 4.69) is 25.8 Å². The molecule has 0 aliphatic carbocycles. The van der Waals surface area contributed by atoms with Crippen LogP contribution in [-0.2, 0) is 22.6 Å². The number of fused-ring (bicyclic) bond motifs is 1. The number of aryl methyl sites for hydroxylation is 1. The molecule has 9 nitrogen and oxygen atoms in total. The lowest BCUT2D eigenvalue weighted by atomic mass is 10.1. The number of aromatic nitrogens is 4. The minimum atomic E-state index is -0.252. The van der Waals surface area contributed by atoms with Crippen LogP contribution in [0, 0.1) is 6.92 Å². The SMILES string of the molecule is Cc1cc(NC(=O)CSc2nc3ccccc3c(=O)n2CCCC(=O)NCCc2ccccc2)n[nH]1. The normalized spacial score (nSPS) is 10.9. The zero-order valence-corrected chi connectivity index (χ0v) is 20.8. The van der Waals surface area contributed by atoms with Gasteiger partial charge in [-0.2, -0.15) is 5.10 Å². The van der Waals surface area contributed by atoms with E-state index in [0.29, 0.717) is 41.4 Å². The highest BCUT2D eigenvalue weighted by molar-refractivity contribution is 7.99. The van der Waals surface area contributed by atoms with Gasteiger partial charge in [-0.05, 0) is 37.5 Å². The highest BCUT2D eigenvalue weighted by atomic mass is 32.2. The van der Waals surface area contributed by atoms with Gasteiger partial charge in [0, 0.05) is 31.3 Å². The fraction of sp³-hybridized carbons (Fsp3) is 0.269. The van der Waals surface area contributed by atoms with Crippen molar-refractivity contribution in [2.24, 2.45) is 0 Å². The summed E-state index contributed by atoms with van der Waals surface area (Å²) in [6, 6.07) is 18.8. The average Bonchev–Trinajstić information content (AvgIpc) is 3.29. The van der Waals surface area contributed by atoms with Crippen molar-refractivity contribution in [3.8, 4) is 0 Å². The summed E-state index contributed by atoms with van der Waals surface area (Å²) >= 11 is 1.18. The first kappa shape index (κ1) is 25.2. The average molecular weight is 505 g/mol. The number of hydrogen-bond acceptors (Lipinski definition) is 6. The first-order valence-corrected chi connectivity index (χ1v) is 12.7. The monoisotopic (exact) mass is 504 g/mol. The lowest BCUT2D eigenvalue weighted by Crippen LogP contribution is -2.27. The van der Waals surface area contributed by atoms with E-state index in [1.54, 1.807) is 28.8 Å². The molecule has 0 fully saturated rings. The maximum Gasteiger partial charge on any atom is 0.262 e. The van der Waals surface area contributed by atoms with Crippen LogP contribution in [0.2, 0.25) is 0 Å². The second kappa shape index (κ2) is 12.2. The molecule has 0 spiro atoms. The Balaban J connectivity index is 1.37. The Kier molecular flexibility index (Phi) is 8.51. The van der Waals surface area contributed by atoms with Gasteiger partial charge in [-0.25, -0.2) is 4.98 Å². The standard InChI is InChI=1S/C26H28N6O3S/c1-18-16-22(31-30-18)29-24(34)17-36-26-28-21-11-6-5-10-20(21)25(35)32(26)15-7-12-23(33)27-14-13-19-8-3-2-4-9-19/h2-6,8-11,16H,7,12-15,17H2,1H3,(H,27,33)(H2,29,30,31,34). The number of benzene rings is 2. The van der Waals surface area contributed by atoms with Crippen LogP contribution in [0.4, 0.5) is 5.82 Å². The van der Waals surface area contributed by atoms with Crippen molar-refractivity contribution in [3.63, 3.8) is 0 Å². The fourth-order valence-corrected chi connectivity index (χ4v) is 4.55. The lowest BCUT2D eigenvalue weighted by molar-refractivity contribution is -0.121. The van der Waals surface area contributed by atoms with Crippen molar-refractivity contribution < 1.29 is 9.59 Å². The Morgan fingerprint density at radius 3 is 2.61 bits per heavy atom. The van der Waals surface area contributed by atoms with Crippen LogP contribution in [-0.4, -0.2) is 43.9 Å². The van der Waals surface area contributed by atoms with Gasteiger partial charge in [-0.3, -0.25) is 24.0 Å². The number of nitrogens with zero attached hydrogens (tertiary/aromatic N) is 3. The molecule has 0 aliphatic heterocycles. The molecule has 0 saturated carbocycles. The molecular weight excluding hydrogens is 476 g/mol. The van der Waals surface area contributed by atoms with E-state index in [-0.39, 0.29) is 29.5 Å². The fourth-order valence-electron chi connectivity index (χ4n) is 3.72. The molecule has 0 aliphatic rings. The molecule has 10 heteroatoms. The molecule has 0 atom stereocenters. The van der Waals surface area contributed by atoms with Gasteiger partial charge in [0.2, 0.25) is 11.8 Å². The summed E-state index contributed by atoms with van der Waals surface area (Å²) in [6.07, 6.45) is 1.53. The molecule has 0 radical (unpaired) electrons. The zero-order chi connectivity index (χ0) is 25.3. The van der Waals surface area contributed by atoms with Crippen molar-refractivity contribution in [3.05, 3.63) is 82.3 Å². The highest BCUT2D eigenvalue weighted by Gasteiger charge is 2.14. The number of amides is 2. The maximum atomic E-state index is 13.2. The van der Waals surface area contributed by atoms with Crippen molar-refractivity contribution in [1.29, 1.82) is 0 Å². The van der Waals surface area contributed by atoms with Crippen LogP contribution in [0.3, 0.4) is 0 Å². The molecule has 2 amide bonds. The van der Waals surface area contributed by atoms with Crippen molar-refractivity contribution in [2.75, 3.05) is 17.6 Å². The van der Waals surface area contributed by atoms with Gasteiger partial charge >= 0.3 is 0 Å². The molecule has 0 saturated heterocycles. The Labute approximate surface area is 212 Å². The van der Waals surface area contributed by atoms with Gasteiger partial charge in [0.1, 0.15) is 0 Å². The summed E-state index contributed by atoms with van der Waals surface area (Å²) in [4.78, 5) is 42.5. The molecule has 2 aromatic carbocycles. The van der Waals surface area contributed by atoms with Crippen LogP contribution < -0.4 is 16.2 Å². The first-order valence-electron chi connectivity index (χ1n) is 11.7. The zero-order valence-electron chi connectivity index (χ0n) is 20.0. The minimum absolute atomic E-state index is 0.0596. The molecule has 4 aromatic rings. The van der Waals surface area contributed by atoms with Crippen LogP contribution in [0.5, 0.6) is 0 Å². The van der Waals surface area contributed by atoms with E-state index in [1.165, 1.54) is 17.3 Å². The number of anilines is 1. The molecular formula is C26H28N6O3S. The maximum absolute atomic E-state index is 13.2. The van der Waals surface area contributed by atoms with E-state index in [1.807, 2.05) is 43.3 Å². The minimum Gasteiger partial charge on any atom is -0.356 e. The number of nitrogens with one attached hydrogen (secondary N) is 3. The Hall–Kier alpha value is -3.92. The summed E-state index contributed by atoms with van der Waals surface area (Å²) in [5.74, 6) is 0.200. The first-order chi connectivity index (χ1) is 17.5. The van der Waals surface area contributed by atoms with Gasteiger partial charge in [-0.1, -0.05) is 54.2 Å². The third-order valence-electron chi connectivity index (χ3n) is 5.50. The van der Waals surface area contributed by atoms with Crippen LogP contribution in [0.15, 0.2) is 70.6 Å². The van der Waals surface area contributed by atoms with E-state index >= 15 is 0 Å². The van der Waals surface area contributed by atoms with Crippen LogP contribution >= 0.6 is 11.8 Å². The second-order valence-electron chi connectivity index (χ2n) is 8.33. The molecule has 2 aromatic heterocycles.